The zero-order valence-electron chi connectivity index (χ0n) is 17.4. The summed E-state index contributed by atoms with van der Waals surface area (Å²) in [6, 6.07) is 13.9. The van der Waals surface area contributed by atoms with Gasteiger partial charge in [-0.2, -0.15) is 4.98 Å². The van der Waals surface area contributed by atoms with E-state index in [2.05, 4.69) is 51.4 Å². The van der Waals surface area contributed by atoms with E-state index >= 15 is 0 Å². The summed E-state index contributed by atoms with van der Waals surface area (Å²) in [5, 5.41) is 6.05. The summed E-state index contributed by atoms with van der Waals surface area (Å²) < 4.78 is 11.4. The number of anilines is 4. The second-order valence-corrected chi connectivity index (χ2v) is 8.00. The van der Waals surface area contributed by atoms with Crippen LogP contribution in [0.1, 0.15) is 16.8 Å². The third kappa shape index (κ3) is 3.20. The van der Waals surface area contributed by atoms with E-state index < -0.39 is 0 Å². The Kier molecular flexibility index (Phi) is 4.24. The van der Waals surface area contributed by atoms with Gasteiger partial charge in [0.05, 0.1) is 18.0 Å². The SMILES string of the molecule is C=C1Oc2ccc(Nc3nc4c(c(N5CCc6ccccc6C5)n3)OCC4)cc2NC1=O. The lowest BCUT2D eigenvalue weighted by atomic mass is 10.00. The Bertz CT molecular complexity index is 1270. The normalized spacial score (nSPS) is 16.3. The molecule has 0 unspecified atom stereocenters. The number of amides is 1. The minimum Gasteiger partial charge on any atom is -0.487 e. The molecule has 3 aliphatic heterocycles. The number of hydrogen-bond donors (Lipinski definition) is 2. The molecule has 0 radical (unpaired) electrons. The predicted molar refractivity (Wildman–Crippen MR) is 121 cm³/mol. The van der Waals surface area contributed by atoms with Crippen LogP contribution in [0.4, 0.5) is 23.1 Å². The van der Waals surface area contributed by atoms with Crippen LogP contribution in [0.3, 0.4) is 0 Å². The maximum atomic E-state index is 11.9. The van der Waals surface area contributed by atoms with Gasteiger partial charge in [0, 0.05) is 25.2 Å². The highest BCUT2D eigenvalue weighted by Gasteiger charge is 2.27. The van der Waals surface area contributed by atoms with Gasteiger partial charge >= 0.3 is 0 Å². The second-order valence-electron chi connectivity index (χ2n) is 8.00. The molecule has 1 aromatic heterocycles. The fourth-order valence-electron chi connectivity index (χ4n) is 4.29. The first-order valence-electron chi connectivity index (χ1n) is 10.6. The molecule has 0 bridgehead atoms. The van der Waals surface area contributed by atoms with Gasteiger partial charge in [-0.05, 0) is 35.7 Å². The topological polar surface area (TPSA) is 88.6 Å². The van der Waals surface area contributed by atoms with Crippen molar-refractivity contribution in [2.45, 2.75) is 19.4 Å². The quantitative estimate of drug-likeness (QED) is 0.618. The van der Waals surface area contributed by atoms with Crippen LogP contribution in [0.2, 0.25) is 0 Å². The summed E-state index contributed by atoms with van der Waals surface area (Å²) in [6.07, 6.45) is 1.72. The highest BCUT2D eigenvalue weighted by atomic mass is 16.5. The average molecular weight is 427 g/mol. The summed E-state index contributed by atoms with van der Waals surface area (Å²) in [6.45, 7) is 5.86. The summed E-state index contributed by atoms with van der Waals surface area (Å²) >= 11 is 0. The number of carbonyl (C=O) groups excluding carboxylic acids is 1. The lowest BCUT2D eigenvalue weighted by Gasteiger charge is -2.30. The third-order valence-corrected chi connectivity index (χ3v) is 5.90. The fourth-order valence-corrected chi connectivity index (χ4v) is 4.29. The van der Waals surface area contributed by atoms with E-state index in [-0.39, 0.29) is 11.7 Å². The maximum absolute atomic E-state index is 11.9. The molecule has 0 aliphatic carbocycles. The molecule has 0 atom stereocenters. The van der Waals surface area contributed by atoms with Gasteiger partial charge in [-0.3, -0.25) is 4.79 Å². The molecule has 160 valence electrons. The number of fused-ring (bicyclic) bond motifs is 3. The van der Waals surface area contributed by atoms with Crippen molar-refractivity contribution in [1.29, 1.82) is 0 Å². The van der Waals surface area contributed by atoms with Gasteiger partial charge < -0.3 is 25.0 Å². The molecular formula is C24H21N5O3. The van der Waals surface area contributed by atoms with Gasteiger partial charge in [-0.25, -0.2) is 4.98 Å². The molecule has 2 aromatic carbocycles. The molecule has 0 saturated heterocycles. The van der Waals surface area contributed by atoms with E-state index in [9.17, 15) is 4.79 Å². The second kappa shape index (κ2) is 7.26. The molecule has 3 aliphatic rings. The largest absolute Gasteiger partial charge is 0.487 e. The maximum Gasteiger partial charge on any atom is 0.290 e. The summed E-state index contributed by atoms with van der Waals surface area (Å²) in [5.41, 5.74) is 4.92. The Hall–Kier alpha value is -4.07. The third-order valence-electron chi connectivity index (χ3n) is 5.90. The van der Waals surface area contributed by atoms with Crippen LogP contribution in [-0.4, -0.2) is 29.0 Å². The zero-order chi connectivity index (χ0) is 21.7. The summed E-state index contributed by atoms with van der Waals surface area (Å²) in [4.78, 5) is 23.6. The van der Waals surface area contributed by atoms with Crippen LogP contribution < -0.4 is 25.0 Å². The number of nitrogens with one attached hydrogen (secondary N) is 2. The molecular weight excluding hydrogens is 406 g/mol. The molecule has 0 fully saturated rings. The summed E-state index contributed by atoms with van der Waals surface area (Å²) in [7, 11) is 0. The van der Waals surface area contributed by atoms with Crippen LogP contribution in [0, 0.1) is 0 Å². The molecule has 8 heteroatoms. The Morgan fingerprint density at radius 3 is 2.88 bits per heavy atom. The van der Waals surface area contributed by atoms with Crippen molar-refractivity contribution >= 4 is 29.0 Å². The van der Waals surface area contributed by atoms with Crippen molar-refractivity contribution in [2.24, 2.45) is 0 Å². The molecule has 8 nitrogen and oxygen atoms in total. The van der Waals surface area contributed by atoms with Crippen LogP contribution >= 0.6 is 0 Å². The zero-order valence-corrected chi connectivity index (χ0v) is 17.4. The number of benzene rings is 2. The van der Waals surface area contributed by atoms with Crippen LogP contribution in [-0.2, 0) is 24.2 Å². The Balaban J connectivity index is 1.31. The Morgan fingerprint density at radius 1 is 1.09 bits per heavy atom. The van der Waals surface area contributed by atoms with Crippen LogP contribution in [0.5, 0.6) is 11.5 Å². The van der Waals surface area contributed by atoms with E-state index in [1.807, 2.05) is 6.07 Å². The summed E-state index contributed by atoms with van der Waals surface area (Å²) in [5.74, 6) is 2.36. The number of nitrogens with zero attached hydrogens (tertiary/aromatic N) is 3. The van der Waals surface area contributed by atoms with Gasteiger partial charge in [0.25, 0.3) is 5.91 Å². The van der Waals surface area contributed by atoms with Gasteiger partial charge in [0.15, 0.2) is 23.1 Å². The van der Waals surface area contributed by atoms with Crippen molar-refractivity contribution in [3.63, 3.8) is 0 Å². The number of ether oxygens (including phenoxy) is 2. The van der Waals surface area contributed by atoms with Crippen molar-refractivity contribution in [3.8, 4) is 11.5 Å². The first-order chi connectivity index (χ1) is 15.6. The predicted octanol–water partition coefficient (Wildman–Crippen LogP) is 3.56. The molecule has 4 heterocycles. The van der Waals surface area contributed by atoms with Crippen molar-refractivity contribution < 1.29 is 14.3 Å². The number of rotatable bonds is 3. The molecule has 0 spiro atoms. The van der Waals surface area contributed by atoms with E-state index in [0.29, 0.717) is 24.0 Å². The number of aromatic nitrogens is 2. The molecule has 1 amide bonds. The van der Waals surface area contributed by atoms with Crippen LogP contribution in [0.25, 0.3) is 0 Å². The van der Waals surface area contributed by atoms with Gasteiger partial charge in [0.1, 0.15) is 0 Å². The van der Waals surface area contributed by atoms with E-state index in [1.165, 1.54) is 11.1 Å². The highest BCUT2D eigenvalue weighted by Crippen LogP contribution is 2.38. The van der Waals surface area contributed by atoms with Gasteiger partial charge in [-0.15, -0.1) is 0 Å². The molecule has 2 N–H and O–H groups in total. The standard InChI is InChI=1S/C24H21N5O3/c1-14-23(30)26-19-12-17(6-7-20(19)32-14)25-24-27-18-9-11-31-21(18)22(28-24)29-10-8-15-4-2-3-5-16(15)13-29/h2-7,12H,1,8-11,13H2,(H,26,30)(H,25,27,28). The first-order valence-corrected chi connectivity index (χ1v) is 10.6. The van der Waals surface area contributed by atoms with E-state index in [4.69, 9.17) is 14.5 Å². The first kappa shape index (κ1) is 18.7. The minimum atomic E-state index is -0.353. The van der Waals surface area contributed by atoms with Crippen LogP contribution in [0.15, 0.2) is 54.8 Å². The monoisotopic (exact) mass is 427 g/mol. The van der Waals surface area contributed by atoms with Gasteiger partial charge in [-0.1, -0.05) is 30.8 Å². The van der Waals surface area contributed by atoms with Crippen molar-refractivity contribution in [2.75, 3.05) is 28.7 Å². The smallest absolute Gasteiger partial charge is 0.290 e. The Morgan fingerprint density at radius 2 is 1.97 bits per heavy atom. The Labute approximate surface area is 184 Å². The van der Waals surface area contributed by atoms with Crippen molar-refractivity contribution in [3.05, 3.63) is 71.6 Å². The molecule has 0 saturated carbocycles. The molecule has 3 aromatic rings. The number of hydrogen-bond acceptors (Lipinski definition) is 7. The van der Waals surface area contributed by atoms with E-state index in [0.717, 1.165) is 48.9 Å². The number of carbonyl (C=O) groups is 1. The lowest BCUT2D eigenvalue weighted by molar-refractivity contribution is -0.115. The molecule has 6 rings (SSSR count). The lowest BCUT2D eigenvalue weighted by Crippen LogP contribution is -2.31. The highest BCUT2D eigenvalue weighted by molar-refractivity contribution is 6.05. The minimum absolute atomic E-state index is 0.0768. The van der Waals surface area contributed by atoms with Gasteiger partial charge in [0.2, 0.25) is 5.95 Å². The molecule has 32 heavy (non-hydrogen) atoms. The fraction of sp³-hybridized carbons (Fsp3) is 0.208. The average Bonchev–Trinajstić information content (AvgIpc) is 3.28. The van der Waals surface area contributed by atoms with E-state index in [1.54, 1.807) is 12.1 Å². The van der Waals surface area contributed by atoms with Crippen molar-refractivity contribution in [1.82, 2.24) is 9.97 Å².